The van der Waals surface area contributed by atoms with Crippen LogP contribution in [0.4, 0.5) is 0 Å². The molecule has 0 aromatic carbocycles. The number of likely N-dealkylation sites (N-methyl/N-ethyl adjacent to an activating group) is 1. The van der Waals surface area contributed by atoms with Gasteiger partial charge in [0.2, 0.25) is 17.7 Å². The lowest BCUT2D eigenvalue weighted by molar-refractivity contribution is -0.156. The van der Waals surface area contributed by atoms with Crippen LogP contribution in [0, 0.1) is 0 Å². The number of hydrogen-bond acceptors (Lipinski definition) is 3. The maximum absolute atomic E-state index is 12.0. The average Bonchev–Trinajstić information content (AvgIpc) is 2.24. The van der Waals surface area contributed by atoms with E-state index in [2.05, 4.69) is 10.6 Å². The molecule has 2 atom stereocenters. The first-order chi connectivity index (χ1) is 7.82. The van der Waals surface area contributed by atoms with Crippen molar-refractivity contribution in [3.8, 4) is 0 Å². The van der Waals surface area contributed by atoms with Crippen molar-refractivity contribution in [1.29, 1.82) is 0 Å². The summed E-state index contributed by atoms with van der Waals surface area (Å²) < 4.78 is 0. The Bertz CT molecular complexity index is 356. The first-order valence-electron chi connectivity index (χ1n) is 5.63. The van der Waals surface area contributed by atoms with Gasteiger partial charge in [0.15, 0.2) is 0 Å². The number of nitrogens with one attached hydrogen (secondary N) is 2. The van der Waals surface area contributed by atoms with Crippen LogP contribution in [0.15, 0.2) is 0 Å². The van der Waals surface area contributed by atoms with Gasteiger partial charge in [-0.1, -0.05) is 0 Å². The molecule has 1 unspecified atom stereocenters. The van der Waals surface area contributed by atoms with Crippen LogP contribution in [0.2, 0.25) is 0 Å². The molecule has 0 bridgehead atoms. The minimum Gasteiger partial charge on any atom is -0.357 e. The average molecular weight is 241 g/mol. The minimum absolute atomic E-state index is 0.124. The van der Waals surface area contributed by atoms with Crippen LogP contribution in [-0.4, -0.2) is 47.8 Å². The zero-order chi connectivity index (χ0) is 13.2. The summed E-state index contributed by atoms with van der Waals surface area (Å²) in [6.07, 6.45) is 0.624. The molecule has 1 heterocycles. The summed E-state index contributed by atoms with van der Waals surface area (Å²) in [6.45, 7) is 5.35. The van der Waals surface area contributed by atoms with Gasteiger partial charge in [0.25, 0.3) is 0 Å². The number of likely N-dealkylation sites (tertiary alicyclic amines) is 1. The summed E-state index contributed by atoms with van der Waals surface area (Å²) in [5.41, 5.74) is -0.811. The minimum atomic E-state index is -0.811. The summed E-state index contributed by atoms with van der Waals surface area (Å²) in [4.78, 5) is 36.1. The number of carbonyl (C=O) groups excluding carboxylic acids is 3. The molecule has 3 amide bonds. The van der Waals surface area contributed by atoms with E-state index in [9.17, 15) is 14.4 Å². The molecule has 0 aromatic rings. The van der Waals surface area contributed by atoms with E-state index < -0.39 is 11.6 Å². The fourth-order valence-electron chi connectivity index (χ4n) is 1.93. The molecule has 0 radical (unpaired) electrons. The third-order valence-electron chi connectivity index (χ3n) is 3.27. The maximum atomic E-state index is 12.0. The Morgan fingerprint density at radius 1 is 1.35 bits per heavy atom. The van der Waals surface area contributed by atoms with Gasteiger partial charge in [-0.3, -0.25) is 14.4 Å². The van der Waals surface area contributed by atoms with Gasteiger partial charge in [-0.15, -0.1) is 0 Å². The van der Waals surface area contributed by atoms with Crippen molar-refractivity contribution in [2.24, 2.45) is 0 Å². The Labute approximate surface area is 101 Å². The van der Waals surface area contributed by atoms with E-state index in [1.165, 1.54) is 18.9 Å². The number of hydrogen-bond donors (Lipinski definition) is 2. The molecule has 0 aromatic heterocycles. The quantitative estimate of drug-likeness (QED) is 0.682. The fraction of sp³-hybridized carbons (Fsp3) is 0.727. The summed E-state index contributed by atoms with van der Waals surface area (Å²) in [5.74, 6) is -0.660. The van der Waals surface area contributed by atoms with E-state index in [0.717, 1.165) is 0 Å². The third-order valence-corrected chi connectivity index (χ3v) is 3.27. The molecule has 1 saturated heterocycles. The smallest absolute Gasteiger partial charge is 0.246 e. The van der Waals surface area contributed by atoms with Crippen LogP contribution in [0.3, 0.4) is 0 Å². The second kappa shape index (κ2) is 4.73. The maximum Gasteiger partial charge on any atom is 0.246 e. The van der Waals surface area contributed by atoms with E-state index in [0.29, 0.717) is 13.0 Å². The molecule has 0 saturated carbocycles. The van der Waals surface area contributed by atoms with Crippen molar-refractivity contribution in [1.82, 2.24) is 15.5 Å². The molecule has 17 heavy (non-hydrogen) atoms. The highest BCUT2D eigenvalue weighted by Crippen LogP contribution is 2.30. The second-order valence-corrected chi connectivity index (χ2v) is 4.50. The highest BCUT2D eigenvalue weighted by molar-refractivity contribution is 5.95. The molecular formula is C11H19N3O3. The molecule has 1 rings (SSSR count). The highest BCUT2D eigenvalue weighted by atomic mass is 16.2. The number of rotatable bonds is 3. The fourth-order valence-corrected chi connectivity index (χ4v) is 1.93. The van der Waals surface area contributed by atoms with E-state index >= 15 is 0 Å². The van der Waals surface area contributed by atoms with Crippen molar-refractivity contribution in [2.75, 3.05) is 13.6 Å². The molecule has 1 aliphatic heterocycles. The van der Waals surface area contributed by atoms with E-state index in [1.807, 2.05) is 0 Å². The van der Waals surface area contributed by atoms with Crippen molar-refractivity contribution in [2.45, 2.75) is 38.8 Å². The van der Waals surface area contributed by atoms with Crippen molar-refractivity contribution in [3.63, 3.8) is 0 Å². The van der Waals surface area contributed by atoms with Crippen molar-refractivity contribution in [3.05, 3.63) is 0 Å². The summed E-state index contributed by atoms with van der Waals surface area (Å²) >= 11 is 0. The van der Waals surface area contributed by atoms with Crippen LogP contribution in [0.1, 0.15) is 27.2 Å². The lowest BCUT2D eigenvalue weighted by atomic mass is 9.85. The standard InChI is InChI=1S/C11H19N3O3/c1-7(9(16)12-4)13-10(17)11(3)5-6-14(11)8(2)15/h7H,5-6H2,1-4H3,(H,12,16)(H,13,17)/t7-,11?/m0/s1. The summed E-state index contributed by atoms with van der Waals surface area (Å²) in [7, 11) is 1.51. The molecule has 6 nitrogen and oxygen atoms in total. The molecule has 0 spiro atoms. The molecule has 1 fully saturated rings. The van der Waals surface area contributed by atoms with E-state index in [-0.39, 0.29) is 17.7 Å². The Hall–Kier alpha value is -1.59. The van der Waals surface area contributed by atoms with Gasteiger partial charge >= 0.3 is 0 Å². The zero-order valence-electron chi connectivity index (χ0n) is 10.7. The first-order valence-corrected chi connectivity index (χ1v) is 5.63. The Balaban J connectivity index is 2.65. The van der Waals surface area contributed by atoms with Crippen molar-refractivity contribution < 1.29 is 14.4 Å². The molecule has 96 valence electrons. The van der Waals surface area contributed by atoms with Crippen LogP contribution in [-0.2, 0) is 14.4 Å². The SMILES string of the molecule is CNC(=O)[C@H](C)NC(=O)C1(C)CCN1C(C)=O. The normalized spacial score (nSPS) is 24.6. The van der Waals surface area contributed by atoms with Crippen LogP contribution in [0.25, 0.3) is 0 Å². The van der Waals surface area contributed by atoms with Gasteiger partial charge in [0.1, 0.15) is 11.6 Å². The van der Waals surface area contributed by atoms with Crippen LogP contribution < -0.4 is 10.6 Å². The number of amides is 3. The van der Waals surface area contributed by atoms with Gasteiger partial charge < -0.3 is 15.5 Å². The Kier molecular flexibility index (Phi) is 3.75. The molecule has 2 N–H and O–H groups in total. The Morgan fingerprint density at radius 3 is 2.29 bits per heavy atom. The van der Waals surface area contributed by atoms with Crippen LogP contribution >= 0.6 is 0 Å². The van der Waals surface area contributed by atoms with E-state index in [4.69, 9.17) is 0 Å². The van der Waals surface area contributed by atoms with Gasteiger partial charge in [0.05, 0.1) is 0 Å². The monoisotopic (exact) mass is 241 g/mol. The van der Waals surface area contributed by atoms with Crippen LogP contribution in [0.5, 0.6) is 0 Å². The predicted octanol–water partition coefficient (Wildman–Crippen LogP) is -0.752. The third kappa shape index (κ3) is 2.40. The lowest BCUT2D eigenvalue weighted by Crippen LogP contribution is -2.68. The first kappa shape index (κ1) is 13.5. The number of carbonyl (C=O) groups is 3. The molecular weight excluding hydrogens is 222 g/mol. The highest BCUT2D eigenvalue weighted by Gasteiger charge is 2.48. The molecule has 0 aliphatic carbocycles. The number of nitrogens with zero attached hydrogens (tertiary/aromatic N) is 1. The summed E-state index contributed by atoms with van der Waals surface area (Å²) in [6, 6.07) is -0.598. The lowest BCUT2D eigenvalue weighted by Gasteiger charge is -2.48. The second-order valence-electron chi connectivity index (χ2n) is 4.50. The van der Waals surface area contributed by atoms with Gasteiger partial charge in [-0.2, -0.15) is 0 Å². The Morgan fingerprint density at radius 2 is 1.94 bits per heavy atom. The predicted molar refractivity (Wildman–Crippen MR) is 62.1 cm³/mol. The largest absolute Gasteiger partial charge is 0.357 e. The molecule has 6 heteroatoms. The van der Waals surface area contributed by atoms with Gasteiger partial charge in [0, 0.05) is 20.5 Å². The molecule has 1 aliphatic rings. The summed E-state index contributed by atoms with van der Waals surface area (Å²) in [5, 5.41) is 5.07. The van der Waals surface area contributed by atoms with Gasteiger partial charge in [-0.05, 0) is 20.3 Å². The van der Waals surface area contributed by atoms with E-state index in [1.54, 1.807) is 13.8 Å². The topological polar surface area (TPSA) is 78.5 Å². The van der Waals surface area contributed by atoms with Gasteiger partial charge in [-0.25, -0.2) is 0 Å². The zero-order valence-corrected chi connectivity index (χ0v) is 10.7. The van der Waals surface area contributed by atoms with Crippen molar-refractivity contribution >= 4 is 17.7 Å².